The first-order chi connectivity index (χ1) is 22.1. The molecule has 46 heavy (non-hydrogen) atoms. The van der Waals surface area contributed by atoms with Crippen LogP contribution in [0.15, 0.2) is 58.4 Å². The van der Waals surface area contributed by atoms with Crippen molar-refractivity contribution < 1.29 is 37.0 Å². The highest BCUT2D eigenvalue weighted by molar-refractivity contribution is 8.00. The molecule has 240 valence electrons. The predicted octanol–water partition coefficient (Wildman–Crippen LogP) is 4.37. The quantitative estimate of drug-likeness (QED) is 0.402. The molecular formula is C32H28F3N3O6S2. The van der Waals surface area contributed by atoms with Gasteiger partial charge in [-0.15, -0.1) is 11.8 Å². The monoisotopic (exact) mass is 671 g/mol. The van der Waals surface area contributed by atoms with Crippen LogP contribution in [-0.4, -0.2) is 65.8 Å². The number of aromatic amines is 1. The highest BCUT2D eigenvalue weighted by Crippen LogP contribution is 2.69. The fraction of sp³-hybridized carbons (Fsp3) is 0.438. The first-order valence-electron chi connectivity index (χ1n) is 15.1. The molecule has 14 heteroatoms. The summed E-state index contributed by atoms with van der Waals surface area (Å²) in [6.07, 6.45) is -4.16. The van der Waals surface area contributed by atoms with Crippen LogP contribution in [0.3, 0.4) is 0 Å². The van der Waals surface area contributed by atoms with Gasteiger partial charge in [0.1, 0.15) is 5.75 Å². The number of aromatic nitrogens is 1. The lowest BCUT2D eigenvalue weighted by Gasteiger charge is -2.43. The van der Waals surface area contributed by atoms with E-state index in [1.54, 1.807) is 17.0 Å². The van der Waals surface area contributed by atoms with Gasteiger partial charge in [0.25, 0.3) is 5.91 Å². The Kier molecular flexibility index (Phi) is 7.11. The molecule has 2 aromatic carbocycles. The number of halogens is 3. The number of fused-ring (bicyclic) bond motifs is 9. The van der Waals surface area contributed by atoms with Crippen molar-refractivity contribution in [2.24, 2.45) is 29.6 Å². The van der Waals surface area contributed by atoms with Crippen LogP contribution < -0.4 is 14.5 Å². The van der Waals surface area contributed by atoms with Gasteiger partial charge >= 0.3 is 11.0 Å². The number of H-pyrrole nitrogens is 1. The van der Waals surface area contributed by atoms with Gasteiger partial charge in [-0.25, -0.2) is 4.90 Å². The molecule has 2 aliphatic carbocycles. The van der Waals surface area contributed by atoms with E-state index < -0.39 is 41.1 Å². The number of alkyl halides is 3. The summed E-state index contributed by atoms with van der Waals surface area (Å²) in [5.74, 6) is -3.52. The van der Waals surface area contributed by atoms with Gasteiger partial charge in [0.05, 0.1) is 41.3 Å². The van der Waals surface area contributed by atoms with Crippen molar-refractivity contribution in [2.45, 2.75) is 28.8 Å². The molecule has 4 heterocycles. The smallest absolute Gasteiger partial charge is 0.418 e. The standard InChI is InChI=1S/C32H28F3N3O6S2/c33-32(34,35)18-6-2-3-7-19(18)38-29(40)24-16-13-17(25(24)30(38)41)26-23(16)22(27-28(45-26)36-31(42)46-27)15-5-1-4-8-20(15)44-14-21(39)37-9-11-43-12-10-37/h1-8,16-17,22-26H,9-14H2,(H,36,42)/t16-,17-,22-,23?,24?,25?,26?/m1/s1. The Morgan fingerprint density at radius 1 is 0.978 bits per heavy atom. The molecule has 7 atom stereocenters. The van der Waals surface area contributed by atoms with E-state index in [9.17, 15) is 32.3 Å². The van der Waals surface area contributed by atoms with E-state index >= 15 is 0 Å². The number of nitrogens with zero attached hydrogens (tertiary/aromatic N) is 2. The number of amides is 3. The van der Waals surface area contributed by atoms with Crippen molar-refractivity contribution in [3.05, 3.63) is 74.2 Å². The van der Waals surface area contributed by atoms with Crippen molar-refractivity contribution in [2.75, 3.05) is 37.8 Å². The van der Waals surface area contributed by atoms with Crippen LogP contribution in [0.4, 0.5) is 18.9 Å². The third-order valence-corrected chi connectivity index (χ3v) is 12.7. The van der Waals surface area contributed by atoms with E-state index in [1.165, 1.54) is 30.0 Å². The summed E-state index contributed by atoms with van der Waals surface area (Å²) in [6, 6.07) is 12.0. The topological polar surface area (TPSA) is 109 Å². The number of rotatable bonds is 5. The number of nitrogens with one attached hydrogen (secondary N) is 1. The zero-order chi connectivity index (χ0) is 31.9. The normalized spacial score (nSPS) is 29.9. The fourth-order valence-electron chi connectivity index (χ4n) is 8.42. The molecule has 3 aromatic rings. The van der Waals surface area contributed by atoms with E-state index in [0.717, 1.165) is 32.7 Å². The average Bonchev–Trinajstić information content (AvgIpc) is 3.78. The molecule has 4 unspecified atom stereocenters. The molecule has 1 N–H and O–H groups in total. The van der Waals surface area contributed by atoms with Gasteiger partial charge in [-0.1, -0.05) is 41.7 Å². The number of hydrogen-bond donors (Lipinski definition) is 1. The van der Waals surface area contributed by atoms with Crippen molar-refractivity contribution in [3.63, 3.8) is 0 Å². The summed E-state index contributed by atoms with van der Waals surface area (Å²) in [5, 5.41) is 0.534. The highest BCUT2D eigenvalue weighted by atomic mass is 32.2. The number of thioether (sulfide) groups is 1. The molecular weight excluding hydrogens is 643 g/mol. The number of carbonyl (C=O) groups is 3. The average molecular weight is 672 g/mol. The molecule has 3 aliphatic heterocycles. The minimum Gasteiger partial charge on any atom is -0.483 e. The number of ether oxygens (including phenoxy) is 2. The lowest BCUT2D eigenvalue weighted by molar-refractivity contribution is -0.138. The van der Waals surface area contributed by atoms with Gasteiger partial charge in [0, 0.05) is 34.7 Å². The molecule has 8 rings (SSSR count). The molecule has 2 saturated carbocycles. The van der Waals surface area contributed by atoms with Gasteiger partial charge in [0.2, 0.25) is 11.8 Å². The van der Waals surface area contributed by atoms with Crippen LogP contribution in [0.25, 0.3) is 0 Å². The number of para-hydroxylation sites is 2. The van der Waals surface area contributed by atoms with Crippen LogP contribution in [-0.2, 0) is 25.3 Å². The largest absolute Gasteiger partial charge is 0.483 e. The molecule has 2 saturated heterocycles. The molecule has 4 fully saturated rings. The summed E-state index contributed by atoms with van der Waals surface area (Å²) in [6.45, 7) is 1.71. The van der Waals surface area contributed by atoms with Crippen molar-refractivity contribution in [3.8, 4) is 5.75 Å². The van der Waals surface area contributed by atoms with Gasteiger partial charge < -0.3 is 19.4 Å². The Bertz CT molecular complexity index is 1800. The van der Waals surface area contributed by atoms with Crippen LogP contribution >= 0.6 is 23.1 Å². The lowest BCUT2D eigenvalue weighted by atomic mass is 9.68. The Labute approximate surface area is 269 Å². The minimum absolute atomic E-state index is 0.161. The summed E-state index contributed by atoms with van der Waals surface area (Å²) in [5.41, 5.74) is -0.687. The van der Waals surface area contributed by atoms with Crippen LogP contribution in [0.1, 0.15) is 28.3 Å². The molecule has 2 bridgehead atoms. The number of hydrogen-bond acceptors (Lipinski definition) is 8. The second-order valence-corrected chi connectivity index (χ2v) is 14.5. The van der Waals surface area contributed by atoms with Gasteiger partial charge in [-0.3, -0.25) is 19.2 Å². The Morgan fingerprint density at radius 3 is 2.43 bits per heavy atom. The molecule has 1 aromatic heterocycles. The first kappa shape index (κ1) is 29.8. The van der Waals surface area contributed by atoms with Crippen LogP contribution in [0.2, 0.25) is 0 Å². The Hall–Kier alpha value is -3.62. The molecule has 5 aliphatic rings. The van der Waals surface area contributed by atoms with E-state index in [2.05, 4.69) is 4.98 Å². The number of benzene rings is 2. The van der Waals surface area contributed by atoms with Crippen molar-refractivity contribution >= 4 is 46.5 Å². The second-order valence-electron chi connectivity index (χ2n) is 12.3. The van der Waals surface area contributed by atoms with E-state index in [4.69, 9.17) is 9.47 Å². The van der Waals surface area contributed by atoms with E-state index in [1.807, 2.05) is 12.1 Å². The number of morpholine rings is 1. The maximum absolute atomic E-state index is 14.0. The van der Waals surface area contributed by atoms with E-state index in [-0.39, 0.29) is 46.3 Å². The third kappa shape index (κ3) is 4.54. The first-order valence-corrected chi connectivity index (χ1v) is 16.8. The summed E-state index contributed by atoms with van der Waals surface area (Å²) < 4.78 is 53.4. The number of anilines is 1. The SMILES string of the molecule is O=C(COc1ccccc1[C@H]1c2sc(=O)[nH]c2SC2C1[C@H]1C[C@@H]2C2C(=O)N(c3ccccc3C(F)(F)F)C(=O)C21)N1CCOCC1. The predicted molar refractivity (Wildman–Crippen MR) is 162 cm³/mol. The molecule has 9 nitrogen and oxygen atoms in total. The Balaban J connectivity index is 1.15. The number of imide groups is 1. The fourth-order valence-corrected chi connectivity index (χ4v) is 11.3. The zero-order valence-corrected chi connectivity index (χ0v) is 25.8. The number of thiazole rings is 1. The van der Waals surface area contributed by atoms with Crippen molar-refractivity contribution in [1.82, 2.24) is 9.88 Å². The highest BCUT2D eigenvalue weighted by Gasteiger charge is 2.70. The molecule has 0 radical (unpaired) electrons. The van der Waals surface area contributed by atoms with Crippen LogP contribution in [0, 0.1) is 29.6 Å². The van der Waals surface area contributed by atoms with Crippen LogP contribution in [0.5, 0.6) is 5.75 Å². The van der Waals surface area contributed by atoms with Crippen molar-refractivity contribution in [1.29, 1.82) is 0 Å². The van der Waals surface area contributed by atoms with E-state index in [0.29, 0.717) is 43.5 Å². The summed E-state index contributed by atoms with van der Waals surface area (Å²) in [7, 11) is 0. The molecule has 3 amide bonds. The lowest BCUT2D eigenvalue weighted by Crippen LogP contribution is -2.43. The van der Waals surface area contributed by atoms with Gasteiger partial charge in [-0.05, 0) is 42.4 Å². The molecule has 0 spiro atoms. The number of carbonyl (C=O) groups excluding carboxylic acids is 3. The maximum atomic E-state index is 14.0. The zero-order valence-electron chi connectivity index (χ0n) is 24.2. The third-order valence-electron chi connectivity index (χ3n) is 10.1. The van der Waals surface area contributed by atoms with Gasteiger partial charge in [0.15, 0.2) is 6.61 Å². The summed E-state index contributed by atoms with van der Waals surface area (Å²) in [4.78, 5) is 59.5. The minimum atomic E-state index is -4.74. The second kappa shape index (κ2) is 11.0. The summed E-state index contributed by atoms with van der Waals surface area (Å²) >= 11 is 2.58. The van der Waals surface area contributed by atoms with Gasteiger partial charge in [-0.2, -0.15) is 13.2 Å². The maximum Gasteiger partial charge on any atom is 0.418 e. The Morgan fingerprint density at radius 2 is 1.67 bits per heavy atom.